The van der Waals surface area contributed by atoms with Crippen molar-refractivity contribution in [1.82, 2.24) is 0 Å². The molecule has 0 atom stereocenters. The Hall–Kier alpha value is -0.860. The SMILES string of the molecule is CC(=O)CC(=O)OCCC1CCC(C)(C)CC1. The lowest BCUT2D eigenvalue weighted by molar-refractivity contribution is -0.146. The molecule has 1 aliphatic carbocycles. The van der Waals surface area contributed by atoms with E-state index in [1.807, 2.05) is 0 Å². The summed E-state index contributed by atoms with van der Waals surface area (Å²) in [6.45, 7) is 6.51. The van der Waals surface area contributed by atoms with Crippen LogP contribution in [0.15, 0.2) is 0 Å². The van der Waals surface area contributed by atoms with Gasteiger partial charge in [0.2, 0.25) is 0 Å². The second-order valence-electron chi connectivity index (χ2n) is 6.00. The van der Waals surface area contributed by atoms with Gasteiger partial charge in [-0.3, -0.25) is 9.59 Å². The van der Waals surface area contributed by atoms with Crippen LogP contribution in [0.4, 0.5) is 0 Å². The zero-order valence-corrected chi connectivity index (χ0v) is 11.3. The summed E-state index contributed by atoms with van der Waals surface area (Å²) >= 11 is 0. The molecule has 0 saturated heterocycles. The average Bonchev–Trinajstić information content (AvgIpc) is 2.19. The third kappa shape index (κ3) is 5.85. The van der Waals surface area contributed by atoms with Crippen molar-refractivity contribution in [2.75, 3.05) is 6.61 Å². The van der Waals surface area contributed by atoms with Crippen molar-refractivity contribution in [2.45, 2.75) is 59.3 Å². The minimum Gasteiger partial charge on any atom is -0.465 e. The van der Waals surface area contributed by atoms with Gasteiger partial charge in [0.1, 0.15) is 12.2 Å². The first-order valence-electron chi connectivity index (χ1n) is 6.54. The molecule has 0 aliphatic heterocycles. The van der Waals surface area contributed by atoms with Gasteiger partial charge in [0.15, 0.2) is 0 Å². The number of hydrogen-bond donors (Lipinski definition) is 0. The van der Waals surface area contributed by atoms with Crippen molar-refractivity contribution in [2.24, 2.45) is 11.3 Å². The molecule has 0 unspecified atom stereocenters. The molecule has 0 heterocycles. The van der Waals surface area contributed by atoms with Gasteiger partial charge >= 0.3 is 5.97 Å². The lowest BCUT2D eigenvalue weighted by atomic mass is 9.72. The highest BCUT2D eigenvalue weighted by molar-refractivity contribution is 5.94. The Labute approximate surface area is 104 Å². The van der Waals surface area contributed by atoms with E-state index in [0.717, 1.165) is 6.42 Å². The second-order valence-corrected chi connectivity index (χ2v) is 6.00. The van der Waals surface area contributed by atoms with Gasteiger partial charge in [-0.05, 0) is 50.4 Å². The Morgan fingerprint density at radius 1 is 1.24 bits per heavy atom. The lowest BCUT2D eigenvalue weighted by Crippen LogP contribution is -2.22. The van der Waals surface area contributed by atoms with Crippen molar-refractivity contribution >= 4 is 11.8 Å². The summed E-state index contributed by atoms with van der Waals surface area (Å²) in [7, 11) is 0. The van der Waals surface area contributed by atoms with Crippen LogP contribution >= 0.6 is 0 Å². The molecule has 0 aromatic heterocycles. The fourth-order valence-electron chi connectivity index (χ4n) is 2.34. The highest BCUT2D eigenvalue weighted by Gasteiger charge is 2.26. The molecule has 3 heteroatoms. The third-order valence-corrected chi connectivity index (χ3v) is 3.64. The first-order valence-corrected chi connectivity index (χ1v) is 6.54. The zero-order valence-electron chi connectivity index (χ0n) is 11.3. The normalized spacial score (nSPS) is 19.9. The fourth-order valence-corrected chi connectivity index (χ4v) is 2.34. The molecule has 3 nitrogen and oxygen atoms in total. The zero-order chi connectivity index (χ0) is 12.9. The molecule has 1 rings (SSSR count). The van der Waals surface area contributed by atoms with Gasteiger partial charge in [-0.2, -0.15) is 0 Å². The van der Waals surface area contributed by atoms with E-state index in [4.69, 9.17) is 4.74 Å². The fraction of sp³-hybridized carbons (Fsp3) is 0.857. The van der Waals surface area contributed by atoms with Crippen molar-refractivity contribution < 1.29 is 14.3 Å². The van der Waals surface area contributed by atoms with Gasteiger partial charge < -0.3 is 4.74 Å². The molecule has 98 valence electrons. The molecular formula is C14H24O3. The highest BCUT2D eigenvalue weighted by atomic mass is 16.5. The van der Waals surface area contributed by atoms with Crippen LogP contribution in [0.5, 0.6) is 0 Å². The van der Waals surface area contributed by atoms with E-state index in [9.17, 15) is 9.59 Å². The molecule has 1 saturated carbocycles. The van der Waals surface area contributed by atoms with Crippen LogP contribution in [-0.2, 0) is 14.3 Å². The van der Waals surface area contributed by atoms with E-state index in [0.29, 0.717) is 17.9 Å². The van der Waals surface area contributed by atoms with Gasteiger partial charge in [-0.1, -0.05) is 13.8 Å². The van der Waals surface area contributed by atoms with Crippen molar-refractivity contribution in [3.8, 4) is 0 Å². The van der Waals surface area contributed by atoms with Gasteiger partial charge in [0.25, 0.3) is 0 Å². The smallest absolute Gasteiger partial charge is 0.313 e. The molecule has 1 aliphatic rings. The summed E-state index contributed by atoms with van der Waals surface area (Å²) in [6.07, 6.45) is 5.85. The molecule has 0 amide bonds. The van der Waals surface area contributed by atoms with E-state index in [-0.39, 0.29) is 18.2 Å². The summed E-state index contributed by atoms with van der Waals surface area (Å²) in [5.41, 5.74) is 0.488. The van der Waals surface area contributed by atoms with E-state index < -0.39 is 0 Å². The molecule has 0 radical (unpaired) electrons. The average molecular weight is 240 g/mol. The van der Waals surface area contributed by atoms with Crippen LogP contribution in [0.25, 0.3) is 0 Å². The van der Waals surface area contributed by atoms with Gasteiger partial charge in [-0.15, -0.1) is 0 Å². The number of ether oxygens (including phenoxy) is 1. The maximum Gasteiger partial charge on any atom is 0.313 e. The topological polar surface area (TPSA) is 43.4 Å². The summed E-state index contributed by atoms with van der Waals surface area (Å²) < 4.78 is 5.05. The van der Waals surface area contributed by atoms with E-state index in [1.54, 1.807) is 0 Å². The Balaban J connectivity index is 2.12. The first kappa shape index (κ1) is 14.2. The van der Waals surface area contributed by atoms with E-state index in [1.165, 1.54) is 32.6 Å². The number of hydrogen-bond acceptors (Lipinski definition) is 3. The third-order valence-electron chi connectivity index (χ3n) is 3.64. The summed E-state index contributed by atoms with van der Waals surface area (Å²) in [5, 5.41) is 0. The van der Waals surface area contributed by atoms with Crippen molar-refractivity contribution in [3.05, 3.63) is 0 Å². The molecule has 17 heavy (non-hydrogen) atoms. The quantitative estimate of drug-likeness (QED) is 0.548. The molecule has 1 fully saturated rings. The summed E-state index contributed by atoms with van der Waals surface area (Å²) in [5.74, 6) is 0.177. The molecule has 0 spiro atoms. The highest BCUT2D eigenvalue weighted by Crippen LogP contribution is 2.39. The number of rotatable bonds is 5. The van der Waals surface area contributed by atoms with Crippen molar-refractivity contribution in [1.29, 1.82) is 0 Å². The van der Waals surface area contributed by atoms with E-state index >= 15 is 0 Å². The maximum atomic E-state index is 11.2. The number of ketones is 1. The van der Waals surface area contributed by atoms with Gasteiger partial charge in [0.05, 0.1) is 6.61 Å². The second kappa shape index (κ2) is 6.18. The molecular weight excluding hydrogens is 216 g/mol. The Bertz CT molecular complexity index is 271. The molecule has 0 N–H and O–H groups in total. The maximum absolute atomic E-state index is 11.2. The molecule has 0 aromatic carbocycles. The van der Waals surface area contributed by atoms with Crippen molar-refractivity contribution in [3.63, 3.8) is 0 Å². The minimum atomic E-state index is -0.381. The number of esters is 1. The first-order chi connectivity index (χ1) is 7.89. The van der Waals surface area contributed by atoms with Crippen LogP contribution < -0.4 is 0 Å². The predicted octanol–water partition coefficient (Wildman–Crippen LogP) is 3.12. The Morgan fingerprint density at radius 3 is 2.35 bits per heavy atom. The Kier molecular flexibility index (Phi) is 5.16. The van der Waals surface area contributed by atoms with Crippen LogP contribution in [-0.4, -0.2) is 18.4 Å². The van der Waals surface area contributed by atoms with Gasteiger partial charge in [0, 0.05) is 0 Å². The van der Waals surface area contributed by atoms with E-state index in [2.05, 4.69) is 13.8 Å². The van der Waals surface area contributed by atoms with Crippen LogP contribution in [0.1, 0.15) is 59.3 Å². The summed E-state index contributed by atoms with van der Waals surface area (Å²) in [4.78, 5) is 21.8. The minimum absolute atomic E-state index is 0.0856. The molecule has 0 aromatic rings. The number of Topliss-reactive ketones (excluding diaryl/α,β-unsaturated/α-hetero) is 1. The van der Waals surface area contributed by atoms with Crippen LogP contribution in [0.3, 0.4) is 0 Å². The largest absolute Gasteiger partial charge is 0.465 e. The van der Waals surface area contributed by atoms with Crippen LogP contribution in [0.2, 0.25) is 0 Å². The predicted molar refractivity (Wildman–Crippen MR) is 66.6 cm³/mol. The Morgan fingerprint density at radius 2 is 1.82 bits per heavy atom. The molecule has 0 bridgehead atoms. The van der Waals surface area contributed by atoms with Gasteiger partial charge in [-0.25, -0.2) is 0 Å². The standard InChI is InChI=1S/C14H24O3/c1-11(15)10-13(16)17-9-6-12-4-7-14(2,3)8-5-12/h12H,4-10H2,1-3H3. The lowest BCUT2D eigenvalue weighted by Gasteiger charge is -2.34. The number of carbonyl (C=O) groups excluding carboxylic acids is 2. The summed E-state index contributed by atoms with van der Waals surface area (Å²) in [6, 6.07) is 0. The monoisotopic (exact) mass is 240 g/mol. The van der Waals surface area contributed by atoms with Crippen LogP contribution in [0, 0.1) is 11.3 Å². The number of carbonyl (C=O) groups is 2.